The second kappa shape index (κ2) is 15.0. The van der Waals surface area contributed by atoms with Crippen LogP contribution in [-0.4, -0.2) is 87.4 Å². The summed E-state index contributed by atoms with van der Waals surface area (Å²) < 4.78 is 14.9. The first-order valence-electron chi connectivity index (χ1n) is 10.4. The first kappa shape index (κ1) is 30.0. The molecule has 0 amide bonds. The van der Waals surface area contributed by atoms with Gasteiger partial charge < -0.3 is 29.5 Å². The largest absolute Gasteiger partial charge is 0.460 e. The van der Waals surface area contributed by atoms with Crippen LogP contribution in [0.2, 0.25) is 0 Å². The summed E-state index contributed by atoms with van der Waals surface area (Å²) in [6, 6.07) is 0. The second-order valence-corrected chi connectivity index (χ2v) is 6.95. The molecule has 15 heteroatoms. The molecule has 0 unspecified atom stereocenters. The fraction of sp³-hybridized carbons (Fsp3) is 0.429. The molecule has 1 aromatic heterocycles. The molecule has 0 aliphatic rings. The number of aliphatic hydroxyl groups is 3. The summed E-state index contributed by atoms with van der Waals surface area (Å²) in [5.74, 6) is -4.24. The molecule has 198 valence electrons. The van der Waals surface area contributed by atoms with E-state index in [0.717, 1.165) is 18.4 Å². The minimum Gasteiger partial charge on any atom is -0.460 e. The number of ether oxygens (including phenoxy) is 3. The summed E-state index contributed by atoms with van der Waals surface area (Å²) in [4.78, 5) is 76.6. The number of aromatic amines is 2. The number of esters is 3. The monoisotopic (exact) mass is 513 g/mol. The van der Waals surface area contributed by atoms with Crippen molar-refractivity contribution in [1.82, 2.24) is 14.5 Å². The molecule has 1 heterocycles. The molecule has 0 bridgehead atoms. The van der Waals surface area contributed by atoms with Gasteiger partial charge in [0.1, 0.15) is 19.8 Å². The maximum atomic E-state index is 12.8. The van der Waals surface area contributed by atoms with E-state index >= 15 is 0 Å². The zero-order valence-electron chi connectivity index (χ0n) is 19.5. The molecule has 5 N–H and O–H groups in total. The van der Waals surface area contributed by atoms with Crippen molar-refractivity contribution < 1.29 is 43.9 Å². The van der Waals surface area contributed by atoms with Gasteiger partial charge in [0.05, 0.1) is 25.4 Å². The average molecular weight is 513 g/mol. The first-order chi connectivity index (χ1) is 17.0. The minimum absolute atomic E-state index is 0.0928. The second-order valence-electron chi connectivity index (χ2n) is 6.95. The molecule has 0 fully saturated rings. The van der Waals surface area contributed by atoms with Gasteiger partial charge in [-0.15, -0.1) is 0 Å². The topological polar surface area (TPSA) is 227 Å². The fourth-order valence-corrected chi connectivity index (χ4v) is 2.60. The Morgan fingerprint density at radius 2 is 1.17 bits per heavy atom. The maximum Gasteiger partial charge on any atom is 0.337 e. The number of carbonyl (C=O) groups excluding carboxylic acids is 3. The lowest BCUT2D eigenvalue weighted by molar-refractivity contribution is -0.141. The third-order valence-corrected chi connectivity index (χ3v) is 4.22. The maximum absolute atomic E-state index is 12.8. The molecule has 0 saturated carbocycles. The molecule has 0 saturated heterocycles. The highest BCUT2D eigenvalue weighted by atomic mass is 16.5. The lowest BCUT2D eigenvalue weighted by Gasteiger charge is -2.16. The zero-order chi connectivity index (χ0) is 27.3. The van der Waals surface area contributed by atoms with E-state index < -0.39 is 72.9 Å². The van der Waals surface area contributed by atoms with Crippen molar-refractivity contribution in [2.45, 2.75) is 13.8 Å². The van der Waals surface area contributed by atoms with Crippen molar-refractivity contribution in [3.8, 4) is 0 Å². The van der Waals surface area contributed by atoms with Crippen LogP contribution in [0.25, 0.3) is 6.20 Å². The van der Waals surface area contributed by atoms with E-state index in [-0.39, 0.29) is 24.4 Å². The highest BCUT2D eigenvalue weighted by Gasteiger charge is 2.24. The van der Waals surface area contributed by atoms with Crippen LogP contribution in [0.4, 0.5) is 0 Å². The summed E-state index contributed by atoms with van der Waals surface area (Å²) in [7, 11) is 0. The number of nitrogens with one attached hydrogen (secondary N) is 2. The van der Waals surface area contributed by atoms with Gasteiger partial charge in [0.25, 0.3) is 0 Å². The average Bonchev–Trinajstić information content (AvgIpc) is 2.83. The summed E-state index contributed by atoms with van der Waals surface area (Å²) in [5.41, 5.74) is -4.16. The van der Waals surface area contributed by atoms with Crippen LogP contribution in [0.1, 0.15) is 13.8 Å². The number of hydrogen-bond acceptors (Lipinski definition) is 12. The van der Waals surface area contributed by atoms with Crippen molar-refractivity contribution in [3.63, 3.8) is 0 Å². The highest BCUT2D eigenvalue weighted by molar-refractivity contribution is 5.95. The Balaban J connectivity index is 3.78. The lowest BCUT2D eigenvalue weighted by Crippen LogP contribution is -2.41. The van der Waals surface area contributed by atoms with Gasteiger partial charge in [-0.3, -0.25) is 9.97 Å². The molecule has 0 aromatic carbocycles. The molecule has 0 spiro atoms. The van der Waals surface area contributed by atoms with Gasteiger partial charge in [-0.2, -0.15) is 0 Å². The molecule has 1 aromatic rings. The van der Waals surface area contributed by atoms with Gasteiger partial charge >= 0.3 is 35.0 Å². The smallest absolute Gasteiger partial charge is 0.337 e. The zero-order valence-corrected chi connectivity index (χ0v) is 19.5. The Labute approximate surface area is 202 Å². The van der Waals surface area contributed by atoms with Crippen molar-refractivity contribution in [1.29, 1.82) is 0 Å². The predicted molar refractivity (Wildman–Crippen MR) is 121 cm³/mol. The summed E-state index contributed by atoms with van der Waals surface area (Å²) >= 11 is 0. The fourth-order valence-electron chi connectivity index (χ4n) is 2.60. The standard InChI is InChI=1S/C21H27N3O12/c1-12(16(28)34-6-3-25)9-14(10-13(2)17(29)35-7-4-26)15(18(30)36-8-5-27)11-24-20(32)22-19(31)23-21(24)33/h9-11,14,25-27H,3-8H2,1-2H3,(H2,22,23,31,32,33). The van der Waals surface area contributed by atoms with Gasteiger partial charge in [-0.1, -0.05) is 12.2 Å². The van der Waals surface area contributed by atoms with Crippen LogP contribution in [-0.2, 0) is 28.6 Å². The Bertz CT molecular complexity index is 1130. The van der Waals surface area contributed by atoms with Crippen LogP contribution in [0.3, 0.4) is 0 Å². The van der Waals surface area contributed by atoms with Crippen molar-refractivity contribution >= 4 is 24.1 Å². The number of hydrogen-bond donors (Lipinski definition) is 5. The summed E-state index contributed by atoms with van der Waals surface area (Å²) in [6.07, 6.45) is 3.03. The van der Waals surface area contributed by atoms with E-state index in [1.54, 1.807) is 9.97 Å². The van der Waals surface area contributed by atoms with Crippen molar-refractivity contribution in [2.24, 2.45) is 5.92 Å². The number of rotatable bonds is 13. The first-order valence-corrected chi connectivity index (χ1v) is 10.4. The summed E-state index contributed by atoms with van der Waals surface area (Å²) in [5, 5.41) is 26.7. The van der Waals surface area contributed by atoms with Gasteiger partial charge in [-0.05, 0) is 13.8 Å². The molecule has 1 rings (SSSR count). The highest BCUT2D eigenvalue weighted by Crippen LogP contribution is 2.22. The van der Waals surface area contributed by atoms with E-state index in [9.17, 15) is 28.8 Å². The molecule has 36 heavy (non-hydrogen) atoms. The van der Waals surface area contributed by atoms with Crippen molar-refractivity contribution in [3.05, 3.63) is 60.3 Å². The third kappa shape index (κ3) is 9.28. The Morgan fingerprint density at radius 1 is 0.778 bits per heavy atom. The molecule has 0 radical (unpaired) electrons. The number of allylic oxidation sites excluding steroid dienone is 2. The normalized spacial score (nSPS) is 13.2. The predicted octanol–water partition coefficient (Wildman–Crippen LogP) is -2.82. The van der Waals surface area contributed by atoms with Crippen LogP contribution in [0.15, 0.2) is 43.3 Å². The Morgan fingerprint density at radius 3 is 1.56 bits per heavy atom. The number of nitrogens with zero attached hydrogens (tertiary/aromatic N) is 1. The third-order valence-electron chi connectivity index (χ3n) is 4.22. The minimum atomic E-state index is -1.32. The van der Waals surface area contributed by atoms with E-state index in [4.69, 9.17) is 29.5 Å². The molecule has 0 atom stereocenters. The van der Waals surface area contributed by atoms with Crippen LogP contribution >= 0.6 is 0 Å². The van der Waals surface area contributed by atoms with E-state index in [1.807, 2.05) is 0 Å². The molecular formula is C21H27N3O12. The molecule has 0 aliphatic carbocycles. The van der Waals surface area contributed by atoms with Gasteiger partial charge in [0.15, 0.2) is 0 Å². The van der Waals surface area contributed by atoms with E-state index in [2.05, 4.69) is 0 Å². The van der Waals surface area contributed by atoms with E-state index in [0.29, 0.717) is 4.57 Å². The van der Waals surface area contributed by atoms with Gasteiger partial charge in [-0.25, -0.2) is 33.3 Å². The van der Waals surface area contributed by atoms with Crippen LogP contribution < -0.4 is 17.1 Å². The van der Waals surface area contributed by atoms with Crippen molar-refractivity contribution in [2.75, 3.05) is 39.6 Å². The Kier molecular flexibility index (Phi) is 12.5. The quantitative estimate of drug-likeness (QED) is 0.102. The van der Waals surface area contributed by atoms with Crippen LogP contribution in [0, 0.1) is 5.92 Å². The molecular weight excluding hydrogens is 486 g/mol. The molecule has 0 aliphatic heterocycles. The SMILES string of the molecule is CC(=CC(C=C(C)C(=O)OCCO)C(=Cn1c(=O)[nH]c(=O)[nH]c1=O)C(=O)OCCO)C(=O)OCCO. The van der Waals surface area contributed by atoms with Gasteiger partial charge in [0, 0.05) is 23.3 Å². The summed E-state index contributed by atoms with van der Waals surface area (Å²) in [6.45, 7) is 0.0330. The van der Waals surface area contributed by atoms with Crippen LogP contribution in [0.5, 0.6) is 0 Å². The van der Waals surface area contributed by atoms with E-state index in [1.165, 1.54) is 13.8 Å². The van der Waals surface area contributed by atoms with Gasteiger partial charge in [0.2, 0.25) is 0 Å². The number of aliphatic hydroxyl groups excluding tert-OH is 3. The lowest BCUT2D eigenvalue weighted by atomic mass is 9.94. The number of carbonyl (C=O) groups is 3. The molecule has 15 nitrogen and oxygen atoms in total. The Hall–Kier alpha value is -4.08. The number of H-pyrrole nitrogens is 2. The number of aromatic nitrogens is 3.